The molecule has 1 aliphatic rings. The predicted molar refractivity (Wildman–Crippen MR) is 107 cm³/mol. The molecule has 0 saturated heterocycles. The third-order valence-electron chi connectivity index (χ3n) is 4.46. The Labute approximate surface area is 164 Å². The highest BCUT2D eigenvalue weighted by molar-refractivity contribution is 7.94. The number of carbonyl (C=O) groups is 1. The van der Waals surface area contributed by atoms with Gasteiger partial charge in [-0.1, -0.05) is 29.8 Å². The number of amides is 1. The van der Waals surface area contributed by atoms with Crippen LogP contribution in [0.4, 0.5) is 5.69 Å². The third kappa shape index (κ3) is 4.51. The molecule has 1 amide bonds. The minimum Gasteiger partial charge on any atom is -0.497 e. The van der Waals surface area contributed by atoms with E-state index in [1.165, 1.54) is 10.3 Å². The van der Waals surface area contributed by atoms with Crippen molar-refractivity contribution in [2.75, 3.05) is 17.8 Å². The zero-order valence-corrected chi connectivity index (χ0v) is 16.6. The molecule has 0 N–H and O–H groups in total. The zero-order chi connectivity index (χ0) is 19.6. The van der Waals surface area contributed by atoms with E-state index >= 15 is 0 Å². The van der Waals surface area contributed by atoms with Crippen LogP contribution in [0.2, 0.25) is 5.02 Å². The fourth-order valence-electron chi connectivity index (χ4n) is 2.98. The topological polar surface area (TPSA) is 63.7 Å². The summed E-state index contributed by atoms with van der Waals surface area (Å²) in [4.78, 5) is 14.6. The summed E-state index contributed by atoms with van der Waals surface area (Å²) < 4.78 is 28.9. The Hall–Kier alpha value is -2.31. The van der Waals surface area contributed by atoms with Crippen LogP contribution >= 0.6 is 11.6 Å². The fraction of sp³-hybridized carbons (Fsp3) is 0.250. The first-order valence-corrected chi connectivity index (χ1v) is 10.5. The number of aryl methyl sites for hydroxylation is 1. The minimum absolute atomic E-state index is 0.132. The van der Waals surface area contributed by atoms with Crippen molar-refractivity contribution in [1.29, 1.82) is 0 Å². The van der Waals surface area contributed by atoms with Crippen LogP contribution in [0, 0.1) is 6.92 Å². The van der Waals surface area contributed by atoms with Gasteiger partial charge in [0.15, 0.2) is 9.84 Å². The lowest BCUT2D eigenvalue weighted by atomic mass is 10.1. The number of anilines is 1. The number of benzene rings is 2. The Morgan fingerprint density at radius 2 is 1.93 bits per heavy atom. The van der Waals surface area contributed by atoms with Gasteiger partial charge in [-0.25, -0.2) is 8.42 Å². The predicted octanol–water partition coefficient (Wildman–Crippen LogP) is 3.54. The molecule has 7 heteroatoms. The number of nitrogens with zero attached hydrogens (tertiary/aromatic N) is 1. The molecule has 27 heavy (non-hydrogen) atoms. The Balaban J connectivity index is 1.91. The van der Waals surface area contributed by atoms with Crippen molar-refractivity contribution >= 4 is 33.0 Å². The highest BCUT2D eigenvalue weighted by Crippen LogP contribution is 2.28. The van der Waals surface area contributed by atoms with E-state index in [4.69, 9.17) is 16.3 Å². The monoisotopic (exact) mass is 405 g/mol. The standard InChI is InChI=1S/C20H20ClNO4S/c1-14-3-6-16(12-19(14)21)22(17-9-10-27(24,25)13-17)20(23)11-15-4-7-18(26-2)8-5-15/h3-10,12,17H,11,13H2,1-2H3. The molecule has 142 valence electrons. The van der Waals surface area contributed by atoms with E-state index in [-0.39, 0.29) is 18.1 Å². The Morgan fingerprint density at radius 1 is 1.22 bits per heavy atom. The molecule has 0 radical (unpaired) electrons. The molecule has 0 aromatic heterocycles. The van der Waals surface area contributed by atoms with E-state index in [9.17, 15) is 13.2 Å². The van der Waals surface area contributed by atoms with Crippen molar-refractivity contribution in [1.82, 2.24) is 0 Å². The maximum Gasteiger partial charge on any atom is 0.231 e. The lowest BCUT2D eigenvalue weighted by Gasteiger charge is -2.28. The SMILES string of the molecule is COc1ccc(CC(=O)N(c2ccc(C)c(Cl)c2)C2C=CS(=O)(=O)C2)cc1. The second kappa shape index (κ2) is 7.74. The van der Waals surface area contributed by atoms with Gasteiger partial charge in [-0.05, 0) is 48.4 Å². The van der Waals surface area contributed by atoms with Crippen molar-refractivity contribution < 1.29 is 17.9 Å². The molecule has 1 atom stereocenters. The van der Waals surface area contributed by atoms with Gasteiger partial charge in [0.1, 0.15) is 5.75 Å². The number of carbonyl (C=O) groups excluding carboxylic acids is 1. The van der Waals surface area contributed by atoms with E-state index in [1.54, 1.807) is 37.5 Å². The number of ether oxygens (including phenoxy) is 1. The van der Waals surface area contributed by atoms with E-state index in [0.717, 1.165) is 11.1 Å². The van der Waals surface area contributed by atoms with Gasteiger partial charge < -0.3 is 9.64 Å². The van der Waals surface area contributed by atoms with Crippen molar-refractivity contribution in [2.45, 2.75) is 19.4 Å². The lowest BCUT2D eigenvalue weighted by molar-refractivity contribution is -0.118. The first-order chi connectivity index (χ1) is 12.8. The summed E-state index contributed by atoms with van der Waals surface area (Å²) in [5.74, 6) is 0.373. The van der Waals surface area contributed by atoms with Crippen LogP contribution in [-0.2, 0) is 21.1 Å². The third-order valence-corrected chi connectivity index (χ3v) is 6.24. The van der Waals surface area contributed by atoms with E-state index in [0.29, 0.717) is 16.5 Å². The van der Waals surface area contributed by atoms with Crippen LogP contribution in [0.1, 0.15) is 11.1 Å². The maximum atomic E-state index is 13.1. The number of rotatable bonds is 5. The number of hydrogen-bond acceptors (Lipinski definition) is 4. The molecular weight excluding hydrogens is 386 g/mol. The molecule has 0 bridgehead atoms. The molecule has 0 fully saturated rings. The molecule has 1 heterocycles. The number of methoxy groups -OCH3 is 1. The largest absolute Gasteiger partial charge is 0.497 e. The molecule has 0 aliphatic carbocycles. The summed E-state index contributed by atoms with van der Waals surface area (Å²) in [6, 6.07) is 12.0. The van der Waals surface area contributed by atoms with Gasteiger partial charge in [-0.15, -0.1) is 0 Å². The molecule has 2 aromatic carbocycles. The van der Waals surface area contributed by atoms with Crippen LogP contribution in [0.3, 0.4) is 0 Å². The van der Waals surface area contributed by atoms with Gasteiger partial charge in [0.2, 0.25) is 5.91 Å². The second-order valence-electron chi connectivity index (χ2n) is 6.45. The van der Waals surface area contributed by atoms with Gasteiger partial charge in [0, 0.05) is 16.1 Å². The molecule has 0 saturated carbocycles. The molecule has 3 rings (SSSR count). The van der Waals surface area contributed by atoms with Crippen LogP contribution in [0.15, 0.2) is 53.9 Å². The summed E-state index contributed by atoms with van der Waals surface area (Å²) in [6.07, 6.45) is 1.69. The molecule has 5 nitrogen and oxygen atoms in total. The molecule has 0 spiro atoms. The number of sulfone groups is 1. The number of hydrogen-bond donors (Lipinski definition) is 0. The van der Waals surface area contributed by atoms with Gasteiger partial charge in [0.05, 0.1) is 25.3 Å². The molecule has 1 aliphatic heterocycles. The van der Waals surface area contributed by atoms with Gasteiger partial charge >= 0.3 is 0 Å². The maximum absolute atomic E-state index is 13.1. The first-order valence-electron chi connectivity index (χ1n) is 8.41. The van der Waals surface area contributed by atoms with Crippen LogP contribution in [0.5, 0.6) is 5.75 Å². The van der Waals surface area contributed by atoms with Crippen molar-refractivity contribution in [3.05, 3.63) is 70.1 Å². The Kier molecular flexibility index (Phi) is 5.58. The smallest absolute Gasteiger partial charge is 0.231 e. The zero-order valence-electron chi connectivity index (χ0n) is 15.1. The van der Waals surface area contributed by atoms with Crippen LogP contribution in [0.25, 0.3) is 0 Å². The van der Waals surface area contributed by atoms with E-state index in [1.807, 2.05) is 25.1 Å². The van der Waals surface area contributed by atoms with Crippen LogP contribution < -0.4 is 9.64 Å². The normalized spacial score (nSPS) is 17.7. The molecular formula is C20H20ClNO4S. The highest BCUT2D eigenvalue weighted by Gasteiger charge is 2.31. The molecule has 1 unspecified atom stereocenters. The summed E-state index contributed by atoms with van der Waals surface area (Å²) in [6.45, 7) is 1.87. The van der Waals surface area contributed by atoms with Gasteiger partial charge in [0.25, 0.3) is 0 Å². The fourth-order valence-corrected chi connectivity index (χ4v) is 4.42. The van der Waals surface area contributed by atoms with Crippen molar-refractivity contribution in [3.63, 3.8) is 0 Å². The first kappa shape index (κ1) is 19.5. The lowest BCUT2D eigenvalue weighted by Crippen LogP contribution is -2.42. The van der Waals surface area contributed by atoms with Crippen molar-refractivity contribution in [3.8, 4) is 5.75 Å². The summed E-state index contributed by atoms with van der Waals surface area (Å²) in [5, 5.41) is 1.70. The Bertz CT molecular complexity index is 984. The summed E-state index contributed by atoms with van der Waals surface area (Å²) >= 11 is 6.23. The summed E-state index contributed by atoms with van der Waals surface area (Å²) in [7, 11) is -1.73. The Morgan fingerprint density at radius 3 is 2.48 bits per heavy atom. The van der Waals surface area contributed by atoms with Gasteiger partial charge in [-0.2, -0.15) is 0 Å². The quantitative estimate of drug-likeness (QED) is 0.763. The summed E-state index contributed by atoms with van der Waals surface area (Å²) in [5.41, 5.74) is 2.28. The minimum atomic E-state index is -3.31. The van der Waals surface area contributed by atoms with E-state index < -0.39 is 15.9 Å². The van der Waals surface area contributed by atoms with E-state index in [2.05, 4.69) is 0 Å². The average molecular weight is 406 g/mol. The van der Waals surface area contributed by atoms with Crippen LogP contribution in [-0.4, -0.2) is 33.2 Å². The molecule has 2 aromatic rings. The van der Waals surface area contributed by atoms with Gasteiger partial charge in [-0.3, -0.25) is 4.79 Å². The highest BCUT2D eigenvalue weighted by atomic mass is 35.5. The van der Waals surface area contributed by atoms with Crippen molar-refractivity contribution in [2.24, 2.45) is 0 Å². The number of halogens is 1. The average Bonchev–Trinajstić information content (AvgIpc) is 2.98. The second-order valence-corrected chi connectivity index (χ2v) is 8.79.